The summed E-state index contributed by atoms with van der Waals surface area (Å²) < 4.78 is 4.27. The lowest BCUT2D eigenvalue weighted by molar-refractivity contribution is 0.775. The molecule has 0 N–H and O–H groups in total. The average molecular weight is 340 g/mol. The number of imidazole rings is 1. The highest BCUT2D eigenvalue weighted by molar-refractivity contribution is 5.99. The molecule has 0 unspecified atom stereocenters. The van der Waals surface area contributed by atoms with Gasteiger partial charge in [0.2, 0.25) is 0 Å². The van der Waals surface area contributed by atoms with Crippen LogP contribution in [-0.4, -0.2) is 14.1 Å². The van der Waals surface area contributed by atoms with Gasteiger partial charge in [0, 0.05) is 35.8 Å². The molecule has 0 amide bonds. The van der Waals surface area contributed by atoms with Crippen molar-refractivity contribution in [1.82, 2.24) is 14.1 Å². The largest absolute Gasteiger partial charge is 0.347 e. The van der Waals surface area contributed by atoms with Crippen molar-refractivity contribution in [2.75, 3.05) is 0 Å². The molecule has 2 heterocycles. The van der Waals surface area contributed by atoms with Crippen LogP contribution in [0, 0.1) is 18.3 Å². The van der Waals surface area contributed by atoms with E-state index in [4.69, 9.17) is 4.98 Å². The summed E-state index contributed by atoms with van der Waals surface area (Å²) in [4.78, 5) is 4.73. The molecule has 0 aliphatic rings. The fourth-order valence-electron chi connectivity index (χ4n) is 3.62. The SMILES string of the molecule is CCn1c(/C(C#N)=C\c2c(C)n(C)c3ccccc23)nc2ccccc21. The van der Waals surface area contributed by atoms with E-state index >= 15 is 0 Å². The van der Waals surface area contributed by atoms with Gasteiger partial charge in [-0.15, -0.1) is 0 Å². The molecule has 0 saturated carbocycles. The minimum Gasteiger partial charge on any atom is -0.347 e. The van der Waals surface area contributed by atoms with Crippen LogP contribution in [0.15, 0.2) is 48.5 Å². The van der Waals surface area contributed by atoms with E-state index in [0.717, 1.165) is 45.6 Å². The van der Waals surface area contributed by atoms with Crippen molar-refractivity contribution in [3.05, 3.63) is 65.6 Å². The van der Waals surface area contributed by atoms with E-state index in [9.17, 15) is 5.26 Å². The van der Waals surface area contributed by atoms with E-state index in [2.05, 4.69) is 48.2 Å². The topological polar surface area (TPSA) is 46.5 Å². The maximum Gasteiger partial charge on any atom is 0.151 e. The van der Waals surface area contributed by atoms with E-state index < -0.39 is 0 Å². The Kier molecular flexibility index (Phi) is 3.85. The summed E-state index contributed by atoms with van der Waals surface area (Å²) >= 11 is 0. The predicted octanol–water partition coefficient (Wildman–Crippen LogP) is 4.92. The Morgan fingerprint density at radius 3 is 2.54 bits per heavy atom. The first-order chi connectivity index (χ1) is 12.7. The molecule has 0 atom stereocenters. The first kappa shape index (κ1) is 16.2. The molecule has 4 heteroatoms. The van der Waals surface area contributed by atoms with Gasteiger partial charge in [-0.25, -0.2) is 4.98 Å². The van der Waals surface area contributed by atoms with Crippen molar-refractivity contribution in [2.45, 2.75) is 20.4 Å². The van der Waals surface area contributed by atoms with E-state index in [0.29, 0.717) is 5.57 Å². The maximum atomic E-state index is 9.88. The van der Waals surface area contributed by atoms with E-state index in [1.54, 1.807) is 0 Å². The molecule has 4 rings (SSSR count). The zero-order chi connectivity index (χ0) is 18.3. The lowest BCUT2D eigenvalue weighted by Gasteiger charge is -2.05. The Morgan fingerprint density at radius 1 is 1.12 bits per heavy atom. The van der Waals surface area contributed by atoms with Crippen LogP contribution in [0.2, 0.25) is 0 Å². The van der Waals surface area contributed by atoms with E-state index in [1.165, 1.54) is 0 Å². The molecule has 0 fully saturated rings. The van der Waals surface area contributed by atoms with Crippen LogP contribution in [0.25, 0.3) is 33.6 Å². The molecule has 0 spiro atoms. The molecule has 0 saturated heterocycles. The number of hydrogen-bond donors (Lipinski definition) is 0. The third kappa shape index (κ3) is 2.33. The number of para-hydroxylation sites is 3. The molecular formula is C22H20N4. The van der Waals surface area contributed by atoms with Crippen molar-refractivity contribution < 1.29 is 0 Å². The quantitative estimate of drug-likeness (QED) is 0.497. The Balaban J connectivity index is 1.98. The van der Waals surface area contributed by atoms with Gasteiger partial charge in [0.1, 0.15) is 6.07 Å². The second-order valence-corrected chi connectivity index (χ2v) is 6.41. The first-order valence-corrected chi connectivity index (χ1v) is 8.77. The van der Waals surface area contributed by atoms with Crippen LogP contribution in [-0.2, 0) is 13.6 Å². The highest BCUT2D eigenvalue weighted by Crippen LogP contribution is 2.29. The Morgan fingerprint density at radius 2 is 1.81 bits per heavy atom. The molecule has 0 aliphatic carbocycles. The molecule has 128 valence electrons. The summed E-state index contributed by atoms with van der Waals surface area (Å²) in [6.45, 7) is 4.93. The molecule has 2 aromatic carbocycles. The Bertz CT molecular complexity index is 1200. The van der Waals surface area contributed by atoms with Crippen LogP contribution in [0.4, 0.5) is 0 Å². The lowest BCUT2D eigenvalue weighted by atomic mass is 10.1. The molecular weight excluding hydrogens is 320 g/mol. The van der Waals surface area contributed by atoms with Crippen LogP contribution < -0.4 is 0 Å². The zero-order valence-corrected chi connectivity index (χ0v) is 15.2. The number of nitriles is 1. The van der Waals surface area contributed by atoms with Crippen molar-refractivity contribution in [1.29, 1.82) is 5.26 Å². The first-order valence-electron chi connectivity index (χ1n) is 8.77. The predicted molar refractivity (Wildman–Crippen MR) is 107 cm³/mol. The Hall–Kier alpha value is -3.32. The molecule has 0 radical (unpaired) electrons. The van der Waals surface area contributed by atoms with Gasteiger partial charge < -0.3 is 9.13 Å². The summed E-state index contributed by atoms with van der Waals surface area (Å²) in [5.41, 5.74) is 5.94. The number of nitrogens with zero attached hydrogens (tertiary/aromatic N) is 4. The number of fused-ring (bicyclic) bond motifs is 2. The van der Waals surface area contributed by atoms with Crippen molar-refractivity contribution in [2.24, 2.45) is 7.05 Å². The summed E-state index contributed by atoms with van der Waals surface area (Å²) in [5, 5.41) is 11.0. The summed E-state index contributed by atoms with van der Waals surface area (Å²) in [6.07, 6.45) is 1.98. The number of allylic oxidation sites excluding steroid dienone is 1. The van der Waals surface area contributed by atoms with Crippen molar-refractivity contribution in [3.63, 3.8) is 0 Å². The normalized spacial score (nSPS) is 12.0. The monoisotopic (exact) mass is 340 g/mol. The minimum atomic E-state index is 0.586. The van der Waals surface area contributed by atoms with Gasteiger partial charge in [-0.1, -0.05) is 30.3 Å². The number of benzene rings is 2. The van der Waals surface area contributed by atoms with Crippen molar-refractivity contribution in [3.8, 4) is 6.07 Å². The molecule has 4 aromatic rings. The number of aryl methyl sites for hydroxylation is 2. The van der Waals surface area contributed by atoms with E-state index in [1.807, 2.05) is 42.5 Å². The Labute approximate surface area is 152 Å². The fourth-order valence-corrected chi connectivity index (χ4v) is 3.62. The average Bonchev–Trinajstić information content (AvgIpc) is 3.16. The lowest BCUT2D eigenvalue weighted by Crippen LogP contribution is -2.00. The van der Waals surface area contributed by atoms with Gasteiger partial charge in [-0.05, 0) is 38.1 Å². The van der Waals surface area contributed by atoms with Crippen molar-refractivity contribution >= 4 is 33.6 Å². The van der Waals surface area contributed by atoms with Gasteiger partial charge >= 0.3 is 0 Å². The molecule has 26 heavy (non-hydrogen) atoms. The van der Waals surface area contributed by atoms with Gasteiger partial charge in [0.05, 0.1) is 16.6 Å². The van der Waals surface area contributed by atoms with Crippen LogP contribution >= 0.6 is 0 Å². The van der Waals surface area contributed by atoms with Gasteiger partial charge in [0.25, 0.3) is 0 Å². The summed E-state index contributed by atoms with van der Waals surface area (Å²) in [6, 6.07) is 18.7. The van der Waals surface area contributed by atoms with Crippen LogP contribution in [0.5, 0.6) is 0 Å². The van der Waals surface area contributed by atoms with Gasteiger partial charge in [-0.3, -0.25) is 0 Å². The van der Waals surface area contributed by atoms with Crippen LogP contribution in [0.3, 0.4) is 0 Å². The van der Waals surface area contributed by atoms with Gasteiger partial charge in [0.15, 0.2) is 5.82 Å². The second kappa shape index (κ2) is 6.20. The number of hydrogen-bond acceptors (Lipinski definition) is 2. The molecule has 4 nitrogen and oxygen atoms in total. The third-order valence-corrected chi connectivity index (χ3v) is 5.07. The zero-order valence-electron chi connectivity index (χ0n) is 15.2. The van der Waals surface area contributed by atoms with Crippen LogP contribution in [0.1, 0.15) is 24.0 Å². The summed E-state index contributed by atoms with van der Waals surface area (Å²) in [7, 11) is 2.06. The van der Waals surface area contributed by atoms with Gasteiger partial charge in [-0.2, -0.15) is 5.26 Å². The fraction of sp³-hybridized carbons (Fsp3) is 0.182. The number of rotatable bonds is 3. The summed E-state index contributed by atoms with van der Waals surface area (Å²) in [5.74, 6) is 0.725. The highest BCUT2D eigenvalue weighted by Gasteiger charge is 2.16. The third-order valence-electron chi connectivity index (χ3n) is 5.07. The molecule has 0 aliphatic heterocycles. The maximum absolute atomic E-state index is 9.88. The highest BCUT2D eigenvalue weighted by atomic mass is 15.1. The smallest absolute Gasteiger partial charge is 0.151 e. The standard InChI is InChI=1S/C22H20N4/c1-4-26-21-12-8-6-10-19(21)24-22(26)16(14-23)13-18-15(2)25(3)20-11-7-5-9-17(18)20/h5-13H,4H2,1-3H3/b16-13-. The molecule has 2 aromatic heterocycles. The second-order valence-electron chi connectivity index (χ2n) is 6.41. The number of aromatic nitrogens is 3. The van der Waals surface area contributed by atoms with E-state index in [-0.39, 0.29) is 0 Å². The molecule has 0 bridgehead atoms. The minimum absolute atomic E-state index is 0.586.